The van der Waals surface area contributed by atoms with Gasteiger partial charge >= 0.3 is 0 Å². The molecule has 1 N–H and O–H groups in total. The maximum absolute atomic E-state index is 13.5. The number of nitrogens with zero attached hydrogens (tertiary/aromatic N) is 5. The highest BCUT2D eigenvalue weighted by Crippen LogP contribution is 2.33. The van der Waals surface area contributed by atoms with E-state index in [-0.39, 0.29) is 30.0 Å². The summed E-state index contributed by atoms with van der Waals surface area (Å²) in [6.07, 6.45) is 3.67. The minimum Gasteiger partial charge on any atom is -0.324 e. The Kier molecular flexibility index (Phi) is 6.56. The highest BCUT2D eigenvalue weighted by molar-refractivity contribution is 7.99. The maximum Gasteiger partial charge on any atom is 0.237 e. The quantitative estimate of drug-likeness (QED) is 0.397. The molecule has 0 saturated carbocycles. The first-order valence-electron chi connectivity index (χ1n) is 11.7. The van der Waals surface area contributed by atoms with Crippen molar-refractivity contribution in [2.45, 2.75) is 38.4 Å². The number of carbonyl (C=O) groups is 2. The molecule has 2 amide bonds. The summed E-state index contributed by atoms with van der Waals surface area (Å²) < 4.78 is 1.98. The number of pyridine rings is 1. The summed E-state index contributed by atoms with van der Waals surface area (Å²) in [7, 11) is 0. The Hall–Kier alpha value is -3.98. The van der Waals surface area contributed by atoms with E-state index in [1.165, 1.54) is 17.3 Å². The summed E-state index contributed by atoms with van der Waals surface area (Å²) in [6, 6.07) is 17.1. The van der Waals surface area contributed by atoms with Crippen LogP contribution in [0.2, 0.25) is 0 Å². The molecule has 0 unspecified atom stereocenters. The van der Waals surface area contributed by atoms with Crippen LogP contribution in [0, 0.1) is 13.8 Å². The number of hydrogen-bond acceptors (Lipinski definition) is 6. The van der Waals surface area contributed by atoms with Crippen LogP contribution in [0.5, 0.6) is 0 Å². The van der Waals surface area contributed by atoms with Crippen LogP contribution in [0.1, 0.15) is 24.5 Å². The van der Waals surface area contributed by atoms with Crippen molar-refractivity contribution < 1.29 is 9.59 Å². The zero-order chi connectivity index (χ0) is 25.2. The average Bonchev–Trinajstić information content (AvgIpc) is 3.24. The SMILES string of the molecule is Cc1ccc(-n2c(SCC(=O)N3c4ccccc4NC(=O)C[C@@H]3C)nnc2-c2ccncc2)cc1C. The fourth-order valence-corrected chi connectivity index (χ4v) is 5.12. The number of aromatic nitrogens is 4. The van der Waals surface area contributed by atoms with Gasteiger partial charge in [-0.2, -0.15) is 0 Å². The predicted molar refractivity (Wildman–Crippen MR) is 141 cm³/mol. The fourth-order valence-electron chi connectivity index (χ4n) is 4.31. The van der Waals surface area contributed by atoms with Crippen molar-refractivity contribution >= 4 is 35.0 Å². The van der Waals surface area contributed by atoms with Gasteiger partial charge in [0, 0.05) is 30.4 Å². The van der Waals surface area contributed by atoms with E-state index >= 15 is 0 Å². The molecule has 0 bridgehead atoms. The maximum atomic E-state index is 13.5. The number of amides is 2. The summed E-state index contributed by atoms with van der Waals surface area (Å²) in [6.45, 7) is 6.03. The summed E-state index contributed by atoms with van der Waals surface area (Å²) in [5, 5.41) is 12.4. The Morgan fingerprint density at radius 3 is 2.61 bits per heavy atom. The van der Waals surface area contributed by atoms with E-state index < -0.39 is 0 Å². The van der Waals surface area contributed by atoms with Gasteiger partial charge in [-0.25, -0.2) is 0 Å². The molecule has 8 nitrogen and oxygen atoms in total. The van der Waals surface area contributed by atoms with Gasteiger partial charge in [0.2, 0.25) is 11.8 Å². The van der Waals surface area contributed by atoms with Gasteiger partial charge in [0.25, 0.3) is 0 Å². The minimum atomic E-state index is -0.272. The summed E-state index contributed by atoms with van der Waals surface area (Å²) in [4.78, 5) is 31.7. The first-order chi connectivity index (χ1) is 17.4. The van der Waals surface area contributed by atoms with E-state index in [0.29, 0.717) is 22.4 Å². The standard InChI is InChI=1S/C27H26N6O2S/c1-17-8-9-21(14-18(17)2)33-26(20-10-12-28-13-11-20)30-31-27(33)36-16-25(35)32-19(3)15-24(34)29-22-6-4-5-7-23(22)32/h4-14,19H,15-16H2,1-3H3,(H,29,34)/t19-/m0/s1. The van der Waals surface area contributed by atoms with Crippen molar-refractivity contribution in [1.82, 2.24) is 19.7 Å². The predicted octanol–water partition coefficient (Wildman–Crippen LogP) is 4.80. The number of fused-ring (bicyclic) bond motifs is 1. The molecule has 1 aliphatic heterocycles. The highest BCUT2D eigenvalue weighted by atomic mass is 32.2. The Bertz CT molecular complexity index is 1440. The zero-order valence-corrected chi connectivity index (χ0v) is 21.1. The fraction of sp³-hybridized carbons (Fsp3) is 0.222. The number of benzene rings is 2. The molecule has 0 spiro atoms. The van der Waals surface area contributed by atoms with Gasteiger partial charge in [0.05, 0.1) is 22.8 Å². The molecule has 36 heavy (non-hydrogen) atoms. The van der Waals surface area contributed by atoms with Gasteiger partial charge in [0.1, 0.15) is 0 Å². The normalized spacial score (nSPS) is 15.2. The van der Waals surface area contributed by atoms with E-state index in [1.54, 1.807) is 17.3 Å². The van der Waals surface area contributed by atoms with Crippen molar-refractivity contribution in [2.75, 3.05) is 16.0 Å². The molecule has 2 aromatic carbocycles. The molecular formula is C27H26N6O2S. The molecule has 1 atom stereocenters. The van der Waals surface area contributed by atoms with Crippen LogP contribution in [0.4, 0.5) is 11.4 Å². The van der Waals surface area contributed by atoms with Gasteiger partial charge in [0.15, 0.2) is 11.0 Å². The van der Waals surface area contributed by atoms with E-state index in [4.69, 9.17) is 0 Å². The monoisotopic (exact) mass is 498 g/mol. The Labute approximate surface area is 213 Å². The lowest BCUT2D eigenvalue weighted by molar-refractivity contribution is -0.117. The van der Waals surface area contributed by atoms with Crippen molar-refractivity contribution in [3.8, 4) is 17.1 Å². The first kappa shape index (κ1) is 23.7. The third-order valence-electron chi connectivity index (χ3n) is 6.27. The summed E-state index contributed by atoms with van der Waals surface area (Å²) >= 11 is 1.33. The number of para-hydroxylation sites is 2. The van der Waals surface area contributed by atoms with Crippen LogP contribution < -0.4 is 10.2 Å². The number of rotatable bonds is 5. The van der Waals surface area contributed by atoms with Crippen molar-refractivity contribution in [3.05, 3.63) is 78.1 Å². The van der Waals surface area contributed by atoms with Gasteiger partial charge in [-0.3, -0.25) is 19.1 Å². The van der Waals surface area contributed by atoms with Gasteiger partial charge in [-0.15, -0.1) is 10.2 Å². The van der Waals surface area contributed by atoms with E-state index in [9.17, 15) is 9.59 Å². The van der Waals surface area contributed by atoms with Crippen LogP contribution in [0.15, 0.2) is 72.1 Å². The van der Waals surface area contributed by atoms with Crippen LogP contribution in [0.25, 0.3) is 17.1 Å². The number of aryl methyl sites for hydroxylation is 2. The molecule has 0 aliphatic carbocycles. The number of nitrogens with one attached hydrogen (secondary N) is 1. The smallest absolute Gasteiger partial charge is 0.237 e. The van der Waals surface area contributed by atoms with Crippen molar-refractivity contribution in [3.63, 3.8) is 0 Å². The van der Waals surface area contributed by atoms with Crippen LogP contribution in [-0.2, 0) is 9.59 Å². The van der Waals surface area contributed by atoms with Crippen LogP contribution in [-0.4, -0.2) is 43.4 Å². The molecule has 3 heterocycles. The van der Waals surface area contributed by atoms with Gasteiger partial charge in [-0.05, 0) is 68.3 Å². The van der Waals surface area contributed by atoms with Crippen molar-refractivity contribution in [1.29, 1.82) is 0 Å². The third kappa shape index (κ3) is 4.61. The van der Waals surface area contributed by atoms with Gasteiger partial charge in [-0.1, -0.05) is 30.0 Å². The molecule has 5 rings (SSSR count). The lowest BCUT2D eigenvalue weighted by Crippen LogP contribution is -2.40. The van der Waals surface area contributed by atoms with Crippen LogP contribution in [0.3, 0.4) is 0 Å². The number of hydrogen-bond donors (Lipinski definition) is 1. The average molecular weight is 499 g/mol. The van der Waals surface area contributed by atoms with Gasteiger partial charge < -0.3 is 10.2 Å². The Morgan fingerprint density at radius 1 is 1.06 bits per heavy atom. The number of anilines is 2. The Balaban J connectivity index is 1.48. The molecule has 0 radical (unpaired) electrons. The summed E-state index contributed by atoms with van der Waals surface area (Å²) in [5.74, 6) is 0.622. The molecule has 1 aliphatic rings. The van der Waals surface area contributed by atoms with Crippen LogP contribution >= 0.6 is 11.8 Å². The van der Waals surface area contributed by atoms with E-state index in [1.807, 2.05) is 54.0 Å². The molecule has 4 aromatic rings. The molecule has 0 fully saturated rings. The summed E-state index contributed by atoms with van der Waals surface area (Å²) in [5.41, 5.74) is 5.50. The lowest BCUT2D eigenvalue weighted by atomic mass is 10.1. The molecular weight excluding hydrogens is 472 g/mol. The van der Waals surface area contributed by atoms with E-state index in [0.717, 1.165) is 16.8 Å². The second-order valence-electron chi connectivity index (χ2n) is 8.82. The lowest BCUT2D eigenvalue weighted by Gasteiger charge is -2.27. The topological polar surface area (TPSA) is 93.0 Å². The number of thioether (sulfide) groups is 1. The molecule has 2 aromatic heterocycles. The first-order valence-corrected chi connectivity index (χ1v) is 12.7. The number of carbonyl (C=O) groups excluding carboxylic acids is 2. The Morgan fingerprint density at radius 2 is 1.83 bits per heavy atom. The highest BCUT2D eigenvalue weighted by Gasteiger charge is 2.30. The minimum absolute atomic E-state index is 0.100. The molecule has 182 valence electrons. The third-order valence-corrected chi connectivity index (χ3v) is 7.19. The van der Waals surface area contributed by atoms with Crippen molar-refractivity contribution in [2.24, 2.45) is 0 Å². The molecule has 0 saturated heterocycles. The second kappa shape index (κ2) is 9.94. The van der Waals surface area contributed by atoms with E-state index in [2.05, 4.69) is 46.5 Å². The molecule has 9 heteroatoms. The second-order valence-corrected chi connectivity index (χ2v) is 9.76. The zero-order valence-electron chi connectivity index (χ0n) is 20.3. The largest absolute Gasteiger partial charge is 0.324 e.